The van der Waals surface area contributed by atoms with Crippen molar-refractivity contribution in [2.75, 3.05) is 5.32 Å². The zero-order chi connectivity index (χ0) is 27.1. The van der Waals surface area contributed by atoms with Crippen LogP contribution in [0.15, 0.2) is 71.7 Å². The van der Waals surface area contributed by atoms with Crippen LogP contribution in [-0.4, -0.2) is 26.8 Å². The summed E-state index contributed by atoms with van der Waals surface area (Å²) in [5.41, 5.74) is 5.14. The van der Waals surface area contributed by atoms with Crippen LogP contribution in [-0.2, 0) is 17.8 Å². The second kappa shape index (κ2) is 12.6. The van der Waals surface area contributed by atoms with Crippen LogP contribution in [0, 0.1) is 18.8 Å². The Balaban J connectivity index is 0.000000786. The van der Waals surface area contributed by atoms with E-state index in [-0.39, 0.29) is 17.4 Å². The fraction of sp³-hybridized carbons (Fsp3) is 0.387. The molecule has 1 atom stereocenters. The summed E-state index contributed by atoms with van der Waals surface area (Å²) in [6, 6.07) is 20.4. The highest BCUT2D eigenvalue weighted by Crippen LogP contribution is 2.38. The quantitative estimate of drug-likeness (QED) is 0.326. The average Bonchev–Trinajstić information content (AvgIpc) is 3.53. The number of hydrogen-bond acceptors (Lipinski definition) is 3. The zero-order valence-corrected chi connectivity index (χ0v) is 21.8. The molecule has 2 aliphatic carbocycles. The lowest BCUT2D eigenvalue weighted by Crippen LogP contribution is -2.26. The molecule has 200 valence electrons. The minimum Gasteiger partial charge on any atom is -0.450 e. The lowest BCUT2D eigenvalue weighted by Gasteiger charge is -2.24. The van der Waals surface area contributed by atoms with Crippen LogP contribution in [0.3, 0.4) is 0 Å². The Morgan fingerprint density at radius 2 is 1.63 bits per heavy atom. The van der Waals surface area contributed by atoms with Gasteiger partial charge in [-0.25, -0.2) is 4.79 Å². The van der Waals surface area contributed by atoms with Crippen LogP contribution in [0.1, 0.15) is 66.7 Å². The number of pyridine rings is 1. The highest BCUT2D eigenvalue weighted by atomic mass is 16.6. The van der Waals surface area contributed by atoms with Gasteiger partial charge in [-0.2, -0.15) is 0 Å². The number of carboxylic acid groups (broad SMARTS) is 2. The Morgan fingerprint density at radius 3 is 2.29 bits per heavy atom. The Hall–Kier alpha value is -3.87. The van der Waals surface area contributed by atoms with E-state index in [1.54, 1.807) is 4.57 Å². The first-order chi connectivity index (χ1) is 18.3. The van der Waals surface area contributed by atoms with Crippen molar-refractivity contribution in [1.29, 1.82) is 0 Å². The van der Waals surface area contributed by atoms with Crippen molar-refractivity contribution in [3.63, 3.8) is 0 Å². The van der Waals surface area contributed by atoms with Gasteiger partial charge in [0, 0.05) is 17.4 Å². The third kappa shape index (κ3) is 7.57. The van der Waals surface area contributed by atoms with Gasteiger partial charge in [0.25, 0.3) is 5.56 Å². The summed E-state index contributed by atoms with van der Waals surface area (Å²) >= 11 is 0. The number of aryl methyl sites for hydroxylation is 1. The molecule has 7 heteroatoms. The number of carbonyl (C=O) groups is 2. The van der Waals surface area contributed by atoms with Crippen molar-refractivity contribution in [2.24, 2.45) is 11.8 Å². The van der Waals surface area contributed by atoms with Gasteiger partial charge in [-0.3, -0.25) is 9.59 Å². The molecule has 1 heterocycles. The number of benzene rings is 2. The molecule has 1 aromatic heterocycles. The van der Waals surface area contributed by atoms with Gasteiger partial charge in [0.15, 0.2) is 0 Å². The Labute approximate surface area is 223 Å². The number of aromatic nitrogens is 1. The van der Waals surface area contributed by atoms with Crippen molar-refractivity contribution in [3.8, 4) is 0 Å². The fourth-order valence-electron chi connectivity index (χ4n) is 5.39. The molecule has 3 aromatic rings. The molecule has 0 saturated heterocycles. The topological polar surface area (TPSA) is 109 Å². The van der Waals surface area contributed by atoms with Gasteiger partial charge in [-0.05, 0) is 85.8 Å². The molecule has 0 spiro atoms. The van der Waals surface area contributed by atoms with Crippen LogP contribution < -0.4 is 10.9 Å². The van der Waals surface area contributed by atoms with Gasteiger partial charge in [-0.15, -0.1) is 0 Å². The van der Waals surface area contributed by atoms with Gasteiger partial charge in [0.2, 0.25) is 5.91 Å². The number of rotatable bonds is 8. The third-order valence-corrected chi connectivity index (χ3v) is 7.47. The summed E-state index contributed by atoms with van der Waals surface area (Å²) in [7, 11) is 0. The maximum atomic E-state index is 13.5. The lowest BCUT2D eigenvalue weighted by molar-refractivity contribution is -0.118. The second-order valence-corrected chi connectivity index (χ2v) is 10.5. The van der Waals surface area contributed by atoms with Gasteiger partial charge >= 0.3 is 6.16 Å². The normalized spacial score (nSPS) is 15.8. The first kappa shape index (κ1) is 27.2. The first-order valence-electron chi connectivity index (χ1n) is 13.4. The highest BCUT2D eigenvalue weighted by Gasteiger charge is 2.32. The predicted octanol–water partition coefficient (Wildman–Crippen LogP) is 6.29. The van der Waals surface area contributed by atoms with Crippen molar-refractivity contribution in [1.82, 2.24) is 4.57 Å². The monoisotopic (exact) mass is 516 g/mol. The molecular weight excluding hydrogens is 480 g/mol. The zero-order valence-electron chi connectivity index (χ0n) is 21.8. The van der Waals surface area contributed by atoms with Crippen LogP contribution in [0.5, 0.6) is 0 Å². The van der Waals surface area contributed by atoms with E-state index in [1.165, 1.54) is 31.2 Å². The Bertz CT molecular complexity index is 1300. The minimum atomic E-state index is -1.83. The summed E-state index contributed by atoms with van der Waals surface area (Å²) < 4.78 is 1.74. The number of amides is 1. The smallest absolute Gasteiger partial charge is 0.450 e. The lowest BCUT2D eigenvalue weighted by atomic mass is 9.83. The summed E-state index contributed by atoms with van der Waals surface area (Å²) in [5, 5.41) is 17.2. The number of nitrogens with zero attached hydrogens (tertiary/aromatic N) is 1. The molecule has 38 heavy (non-hydrogen) atoms. The molecule has 3 N–H and O–H groups in total. The molecule has 5 rings (SSSR count). The van der Waals surface area contributed by atoms with Crippen LogP contribution in [0.25, 0.3) is 0 Å². The Kier molecular flexibility index (Phi) is 9.00. The van der Waals surface area contributed by atoms with Gasteiger partial charge in [-0.1, -0.05) is 55.3 Å². The maximum Gasteiger partial charge on any atom is 0.503 e. The van der Waals surface area contributed by atoms with E-state index in [0.29, 0.717) is 12.5 Å². The predicted molar refractivity (Wildman–Crippen MR) is 148 cm³/mol. The minimum absolute atomic E-state index is 0.0405. The van der Waals surface area contributed by atoms with Gasteiger partial charge in [0.1, 0.15) is 0 Å². The summed E-state index contributed by atoms with van der Waals surface area (Å²) in [4.78, 5) is 34.5. The molecule has 0 aliphatic heterocycles. The third-order valence-electron chi connectivity index (χ3n) is 7.47. The van der Waals surface area contributed by atoms with E-state index < -0.39 is 6.16 Å². The number of nitrogens with one attached hydrogen (secondary N) is 1. The van der Waals surface area contributed by atoms with E-state index in [2.05, 4.69) is 47.8 Å². The van der Waals surface area contributed by atoms with Crippen molar-refractivity contribution in [3.05, 3.63) is 99.5 Å². The van der Waals surface area contributed by atoms with E-state index in [0.717, 1.165) is 47.6 Å². The maximum absolute atomic E-state index is 13.5. The van der Waals surface area contributed by atoms with Crippen molar-refractivity contribution < 1.29 is 19.8 Å². The molecule has 1 unspecified atom stereocenters. The van der Waals surface area contributed by atoms with Crippen molar-refractivity contribution >= 4 is 17.7 Å². The molecule has 0 radical (unpaired) electrons. The highest BCUT2D eigenvalue weighted by molar-refractivity contribution is 5.96. The van der Waals surface area contributed by atoms with Crippen LogP contribution in [0.2, 0.25) is 0 Å². The average molecular weight is 517 g/mol. The number of anilines is 1. The summed E-state index contributed by atoms with van der Waals surface area (Å²) in [6.07, 6.45) is 8.35. The van der Waals surface area contributed by atoms with Gasteiger partial charge < -0.3 is 20.1 Å². The van der Waals surface area contributed by atoms with Crippen LogP contribution >= 0.6 is 0 Å². The fourth-order valence-corrected chi connectivity index (χ4v) is 5.39. The second-order valence-electron chi connectivity index (χ2n) is 10.5. The molecule has 2 aromatic carbocycles. The first-order valence-corrected chi connectivity index (χ1v) is 13.4. The molecule has 2 fully saturated rings. The van der Waals surface area contributed by atoms with E-state index in [4.69, 9.17) is 15.0 Å². The summed E-state index contributed by atoms with van der Waals surface area (Å²) in [6.45, 7) is 2.38. The van der Waals surface area contributed by atoms with Gasteiger partial charge in [0.05, 0.1) is 12.5 Å². The number of hydrogen-bond donors (Lipinski definition) is 3. The summed E-state index contributed by atoms with van der Waals surface area (Å²) in [5.74, 6) is 1.15. The molecular formula is C31H36N2O5. The van der Waals surface area contributed by atoms with Crippen molar-refractivity contribution in [2.45, 2.75) is 64.3 Å². The molecule has 2 aliphatic rings. The van der Waals surface area contributed by atoms with Crippen LogP contribution in [0.4, 0.5) is 10.5 Å². The molecule has 2 saturated carbocycles. The Morgan fingerprint density at radius 1 is 0.947 bits per heavy atom. The molecule has 7 nitrogen and oxygen atoms in total. The van der Waals surface area contributed by atoms with E-state index in [1.807, 2.05) is 31.3 Å². The largest absolute Gasteiger partial charge is 0.503 e. The molecule has 0 bridgehead atoms. The van der Waals surface area contributed by atoms with E-state index >= 15 is 0 Å². The van der Waals surface area contributed by atoms with E-state index in [9.17, 15) is 9.59 Å². The SMILES string of the molecule is Cc1cccn(Cc2ccc(C(C(=O)Nc3cccc(CC4CC4)c3)C3CCCC3)cc2)c1=O.O=C(O)O. The molecule has 1 amide bonds. The standard InChI is InChI=1S/C30H34N2O2.CH2O3/c1-21-6-5-17-32(30(21)34)20-23-13-15-26(16-14-23)28(25-8-2-3-9-25)29(33)31-27-10-4-7-24(19-27)18-22-11-12-22;2-1(3)4/h4-7,10,13-17,19,22,25,28H,2-3,8-9,11-12,18,20H2,1H3,(H,31,33);(H2,2,3,4). The number of carbonyl (C=O) groups excluding carboxylic acids is 1.